The second kappa shape index (κ2) is 10.2. The lowest BCUT2D eigenvalue weighted by molar-refractivity contribution is 0.0673. The Morgan fingerprint density at radius 1 is 1.19 bits per heavy atom. The van der Waals surface area contributed by atoms with Crippen LogP contribution in [0, 0.1) is 5.92 Å². The second-order valence-electron chi connectivity index (χ2n) is 8.96. The van der Waals surface area contributed by atoms with Gasteiger partial charge in [-0.3, -0.25) is 4.90 Å². The van der Waals surface area contributed by atoms with Crippen LogP contribution in [0.15, 0.2) is 18.2 Å². The molecule has 0 saturated carbocycles. The largest absolute Gasteiger partial charge is 0.493 e. The van der Waals surface area contributed by atoms with Gasteiger partial charge >= 0.3 is 0 Å². The minimum atomic E-state index is -3.45. The molecule has 1 aromatic carbocycles. The van der Waals surface area contributed by atoms with Crippen molar-refractivity contribution in [2.75, 3.05) is 52.5 Å². The molecule has 0 amide bonds. The summed E-state index contributed by atoms with van der Waals surface area (Å²) in [7, 11) is -3.45. The molecule has 8 heteroatoms. The lowest BCUT2D eigenvalue weighted by Gasteiger charge is -2.43. The van der Waals surface area contributed by atoms with Crippen LogP contribution < -0.4 is 10.1 Å². The number of piperidine rings is 1. The van der Waals surface area contributed by atoms with Crippen molar-refractivity contribution in [1.82, 2.24) is 14.5 Å². The van der Waals surface area contributed by atoms with Crippen molar-refractivity contribution >= 4 is 10.0 Å². The van der Waals surface area contributed by atoms with E-state index in [9.17, 15) is 8.42 Å². The molecular formula is C23H37N3O4S. The van der Waals surface area contributed by atoms with Gasteiger partial charge in [0.25, 0.3) is 0 Å². The molecule has 3 heterocycles. The van der Waals surface area contributed by atoms with Gasteiger partial charge in [0, 0.05) is 25.6 Å². The number of benzene rings is 1. The first-order valence-corrected chi connectivity index (χ1v) is 13.3. The summed E-state index contributed by atoms with van der Waals surface area (Å²) in [6.45, 7) is 9.40. The molecule has 7 nitrogen and oxygen atoms in total. The predicted molar refractivity (Wildman–Crippen MR) is 122 cm³/mol. The van der Waals surface area contributed by atoms with Crippen LogP contribution in [-0.2, 0) is 27.6 Å². The van der Waals surface area contributed by atoms with Crippen LogP contribution >= 0.6 is 0 Å². The summed E-state index contributed by atoms with van der Waals surface area (Å²) in [5, 5.41) is 2.91. The molecule has 2 saturated heterocycles. The quantitative estimate of drug-likeness (QED) is 0.651. The first kappa shape index (κ1) is 23.0. The van der Waals surface area contributed by atoms with Crippen molar-refractivity contribution in [3.63, 3.8) is 0 Å². The third-order valence-electron chi connectivity index (χ3n) is 6.97. The molecule has 1 aromatic rings. The second-order valence-corrected chi connectivity index (χ2v) is 11.0. The van der Waals surface area contributed by atoms with Crippen LogP contribution in [0.2, 0.25) is 0 Å². The van der Waals surface area contributed by atoms with E-state index in [0.29, 0.717) is 32.8 Å². The van der Waals surface area contributed by atoms with Gasteiger partial charge in [-0.2, -0.15) is 4.31 Å². The summed E-state index contributed by atoms with van der Waals surface area (Å²) in [5.41, 5.74) is 2.52. The van der Waals surface area contributed by atoms with Crippen LogP contribution in [0.5, 0.6) is 5.75 Å². The first-order chi connectivity index (χ1) is 15.0. The van der Waals surface area contributed by atoms with Gasteiger partial charge in [0.05, 0.1) is 19.8 Å². The zero-order valence-corrected chi connectivity index (χ0v) is 19.7. The zero-order chi connectivity index (χ0) is 21.8. The van der Waals surface area contributed by atoms with Crippen molar-refractivity contribution in [2.45, 2.75) is 50.9 Å². The topological polar surface area (TPSA) is 71.1 Å². The lowest BCUT2D eigenvalue weighted by Crippen LogP contribution is -2.57. The van der Waals surface area contributed by atoms with Crippen LogP contribution in [0.3, 0.4) is 0 Å². The molecule has 2 fully saturated rings. The number of rotatable bonds is 8. The van der Waals surface area contributed by atoms with Gasteiger partial charge in [-0.05, 0) is 68.9 Å². The van der Waals surface area contributed by atoms with Crippen molar-refractivity contribution < 1.29 is 17.9 Å². The highest BCUT2D eigenvalue weighted by molar-refractivity contribution is 7.89. The molecule has 0 radical (unpaired) electrons. The Balaban J connectivity index is 1.58. The summed E-state index contributed by atoms with van der Waals surface area (Å²) in [4.78, 5) is 2.24. The maximum absolute atomic E-state index is 13.9. The zero-order valence-electron chi connectivity index (χ0n) is 18.9. The average Bonchev–Trinajstić information content (AvgIpc) is 3.26. The fourth-order valence-corrected chi connectivity index (χ4v) is 7.76. The van der Waals surface area contributed by atoms with Crippen molar-refractivity contribution in [1.29, 1.82) is 0 Å². The average molecular weight is 452 g/mol. The number of fused-ring (bicyclic) bond motifs is 1. The fourth-order valence-electron chi connectivity index (χ4n) is 5.34. The molecule has 174 valence electrons. The minimum Gasteiger partial charge on any atom is -0.493 e. The smallest absolute Gasteiger partial charge is 0.230 e. The van der Waals surface area contributed by atoms with Crippen molar-refractivity contribution in [3.05, 3.63) is 29.3 Å². The number of ether oxygens (including phenoxy) is 2. The number of nitrogens with one attached hydrogen (secondary N) is 1. The van der Waals surface area contributed by atoms with Gasteiger partial charge in [-0.25, -0.2) is 8.42 Å². The Labute approximate surface area is 187 Å². The van der Waals surface area contributed by atoms with Crippen LogP contribution in [0.4, 0.5) is 0 Å². The third kappa shape index (κ3) is 5.09. The molecule has 3 aliphatic heterocycles. The molecule has 3 aliphatic rings. The Morgan fingerprint density at radius 2 is 1.94 bits per heavy atom. The number of morpholine rings is 1. The van der Waals surface area contributed by atoms with E-state index < -0.39 is 15.4 Å². The molecule has 0 aromatic heterocycles. The highest BCUT2D eigenvalue weighted by Crippen LogP contribution is 2.31. The van der Waals surface area contributed by atoms with Crippen molar-refractivity contribution in [3.8, 4) is 5.75 Å². The molecular weight excluding hydrogens is 414 g/mol. The Morgan fingerprint density at radius 3 is 2.65 bits per heavy atom. The summed E-state index contributed by atoms with van der Waals surface area (Å²) in [6.07, 6.45) is 3.58. The lowest BCUT2D eigenvalue weighted by atomic mass is 9.95. The van der Waals surface area contributed by atoms with E-state index in [-0.39, 0.29) is 12.0 Å². The monoisotopic (exact) mass is 451 g/mol. The maximum atomic E-state index is 13.9. The molecule has 4 rings (SSSR count). The fraction of sp³-hybridized carbons (Fsp3) is 0.739. The molecule has 2 unspecified atom stereocenters. The van der Waals surface area contributed by atoms with Gasteiger partial charge in [0.2, 0.25) is 10.0 Å². The summed E-state index contributed by atoms with van der Waals surface area (Å²) >= 11 is 0. The van der Waals surface area contributed by atoms with Gasteiger partial charge in [-0.15, -0.1) is 0 Å². The van der Waals surface area contributed by atoms with Gasteiger partial charge < -0.3 is 14.8 Å². The van der Waals surface area contributed by atoms with Crippen molar-refractivity contribution in [2.24, 2.45) is 5.92 Å². The van der Waals surface area contributed by atoms with E-state index in [1.54, 1.807) is 4.31 Å². The Hall–Kier alpha value is -1.19. The van der Waals surface area contributed by atoms with E-state index in [0.717, 1.165) is 51.1 Å². The molecule has 2 atom stereocenters. The number of nitrogens with zero attached hydrogens (tertiary/aromatic N) is 2. The summed E-state index contributed by atoms with van der Waals surface area (Å²) in [6, 6.07) is 6.56. The highest BCUT2D eigenvalue weighted by Gasteiger charge is 2.43. The first-order valence-electron chi connectivity index (χ1n) is 11.8. The molecule has 0 aliphatic carbocycles. The van der Waals surface area contributed by atoms with E-state index in [4.69, 9.17) is 9.47 Å². The normalized spacial score (nSPS) is 22.8. The number of hydrogen-bond donors (Lipinski definition) is 1. The number of likely N-dealkylation sites (N-methyl/N-ethyl adjacent to an activating group) is 1. The molecule has 0 spiro atoms. The SMILES string of the molecule is CCN(C(C)Cc1ccc2c(c1)CCO2)C(C1CCNCC1)S(=O)(=O)N1CCOCC1. The number of hydrogen-bond acceptors (Lipinski definition) is 6. The minimum absolute atomic E-state index is 0.126. The van der Waals surface area contributed by atoms with Gasteiger partial charge in [-0.1, -0.05) is 19.1 Å². The molecule has 1 N–H and O–H groups in total. The third-order valence-corrected chi connectivity index (χ3v) is 9.32. The van der Waals surface area contributed by atoms with E-state index in [2.05, 4.69) is 42.3 Å². The van der Waals surface area contributed by atoms with Gasteiger partial charge in [0.15, 0.2) is 0 Å². The van der Waals surface area contributed by atoms with E-state index in [1.165, 1.54) is 11.1 Å². The maximum Gasteiger partial charge on any atom is 0.230 e. The summed E-state index contributed by atoms with van der Waals surface area (Å²) < 4.78 is 40.5. The van der Waals surface area contributed by atoms with Crippen LogP contribution in [-0.4, -0.2) is 81.6 Å². The number of sulfonamides is 1. The van der Waals surface area contributed by atoms with E-state index >= 15 is 0 Å². The van der Waals surface area contributed by atoms with E-state index in [1.807, 2.05) is 0 Å². The summed E-state index contributed by atoms with van der Waals surface area (Å²) in [5.74, 6) is 1.14. The molecule has 31 heavy (non-hydrogen) atoms. The van der Waals surface area contributed by atoms with Gasteiger partial charge in [0.1, 0.15) is 11.1 Å². The van der Waals surface area contributed by atoms with Crippen LogP contribution in [0.25, 0.3) is 0 Å². The highest BCUT2D eigenvalue weighted by atomic mass is 32.2. The predicted octanol–water partition coefficient (Wildman–Crippen LogP) is 1.86. The standard InChI is InChI=1S/C23H37N3O4S/c1-3-26(18(2)16-19-4-5-22-21(17-19)8-13-30-22)23(20-6-9-24-10-7-20)31(27,28)25-11-14-29-15-12-25/h4-5,17-18,20,23-24H,3,6-16H2,1-2H3. The Bertz CT molecular complexity index is 835. The van der Waals surface area contributed by atoms with Crippen LogP contribution in [0.1, 0.15) is 37.8 Å². The molecule has 0 bridgehead atoms. The Kier molecular flexibility index (Phi) is 7.54.